The average Bonchev–Trinajstić information content (AvgIpc) is 2.31. The first kappa shape index (κ1) is 15.1. The molecule has 0 heterocycles. The second kappa shape index (κ2) is 7.44. The van der Waals surface area contributed by atoms with E-state index < -0.39 is 0 Å². The standard InChI is InChI=1S/C14H22N2OS/c1-4-12-7-5-6-10(2)14(12)16-13(17)9-18-8-11(3)15/h5-7,11H,4,8-9,15H2,1-3H3,(H,16,17). The molecule has 0 aliphatic carbocycles. The molecule has 3 nitrogen and oxygen atoms in total. The Morgan fingerprint density at radius 2 is 2.22 bits per heavy atom. The minimum Gasteiger partial charge on any atom is -0.327 e. The molecule has 1 aromatic rings. The zero-order valence-electron chi connectivity index (χ0n) is 11.3. The maximum Gasteiger partial charge on any atom is 0.234 e. The van der Waals surface area contributed by atoms with E-state index >= 15 is 0 Å². The molecule has 0 saturated heterocycles. The maximum absolute atomic E-state index is 11.8. The van der Waals surface area contributed by atoms with Crippen molar-refractivity contribution in [2.75, 3.05) is 16.8 Å². The minimum atomic E-state index is 0.0460. The van der Waals surface area contributed by atoms with Crippen LogP contribution in [0.1, 0.15) is 25.0 Å². The number of rotatable bonds is 6. The number of hydrogen-bond acceptors (Lipinski definition) is 3. The number of hydrogen-bond donors (Lipinski definition) is 2. The highest BCUT2D eigenvalue weighted by atomic mass is 32.2. The van der Waals surface area contributed by atoms with E-state index in [-0.39, 0.29) is 11.9 Å². The predicted molar refractivity (Wildman–Crippen MR) is 80.2 cm³/mol. The molecule has 1 aromatic carbocycles. The molecule has 1 rings (SSSR count). The highest BCUT2D eigenvalue weighted by Crippen LogP contribution is 2.21. The molecule has 100 valence electrons. The number of anilines is 1. The lowest BCUT2D eigenvalue weighted by molar-refractivity contribution is -0.113. The Bertz CT molecular complexity index is 405. The fraction of sp³-hybridized carbons (Fsp3) is 0.500. The number of benzene rings is 1. The third-order valence-electron chi connectivity index (χ3n) is 2.62. The normalized spacial score (nSPS) is 12.2. The third kappa shape index (κ3) is 4.70. The Kier molecular flexibility index (Phi) is 6.22. The van der Waals surface area contributed by atoms with Crippen LogP contribution < -0.4 is 11.1 Å². The predicted octanol–water partition coefficient (Wildman–Crippen LogP) is 2.58. The number of aryl methyl sites for hydroxylation is 2. The number of para-hydroxylation sites is 1. The zero-order valence-corrected chi connectivity index (χ0v) is 12.1. The third-order valence-corrected chi connectivity index (χ3v) is 3.85. The summed E-state index contributed by atoms with van der Waals surface area (Å²) in [6.07, 6.45) is 0.921. The number of thioether (sulfide) groups is 1. The van der Waals surface area contributed by atoms with Crippen molar-refractivity contribution in [1.29, 1.82) is 0 Å². The van der Waals surface area contributed by atoms with Crippen LogP contribution in [0.15, 0.2) is 18.2 Å². The number of nitrogens with one attached hydrogen (secondary N) is 1. The van der Waals surface area contributed by atoms with Gasteiger partial charge in [-0.1, -0.05) is 25.1 Å². The Balaban J connectivity index is 2.59. The highest BCUT2D eigenvalue weighted by molar-refractivity contribution is 8.00. The van der Waals surface area contributed by atoms with E-state index in [4.69, 9.17) is 5.73 Å². The van der Waals surface area contributed by atoms with Crippen molar-refractivity contribution in [3.63, 3.8) is 0 Å². The van der Waals surface area contributed by atoms with Gasteiger partial charge in [0.05, 0.1) is 5.75 Å². The van der Waals surface area contributed by atoms with Gasteiger partial charge in [-0.05, 0) is 31.4 Å². The first-order chi connectivity index (χ1) is 8.54. The molecule has 4 heteroatoms. The summed E-state index contributed by atoms with van der Waals surface area (Å²) in [7, 11) is 0. The fourth-order valence-electron chi connectivity index (χ4n) is 1.72. The molecular formula is C14H22N2OS. The van der Waals surface area contributed by atoms with Crippen LogP contribution in [-0.2, 0) is 11.2 Å². The molecule has 0 spiro atoms. The largest absolute Gasteiger partial charge is 0.327 e. The van der Waals surface area contributed by atoms with Gasteiger partial charge in [-0.3, -0.25) is 4.79 Å². The Morgan fingerprint density at radius 3 is 2.83 bits per heavy atom. The van der Waals surface area contributed by atoms with E-state index in [9.17, 15) is 4.79 Å². The van der Waals surface area contributed by atoms with Gasteiger partial charge >= 0.3 is 0 Å². The van der Waals surface area contributed by atoms with Crippen molar-refractivity contribution in [3.05, 3.63) is 29.3 Å². The smallest absolute Gasteiger partial charge is 0.234 e. The lowest BCUT2D eigenvalue weighted by Crippen LogP contribution is -2.21. The summed E-state index contributed by atoms with van der Waals surface area (Å²) >= 11 is 1.57. The molecule has 1 atom stereocenters. The summed E-state index contributed by atoms with van der Waals surface area (Å²) in [5.41, 5.74) is 8.90. The Labute approximate surface area is 114 Å². The quantitative estimate of drug-likeness (QED) is 0.832. The van der Waals surface area contributed by atoms with Crippen LogP contribution in [0.25, 0.3) is 0 Å². The summed E-state index contributed by atoms with van der Waals surface area (Å²) in [6.45, 7) is 6.06. The molecule has 0 bridgehead atoms. The molecule has 0 aliphatic heterocycles. The number of nitrogens with two attached hydrogens (primary N) is 1. The fourth-order valence-corrected chi connectivity index (χ4v) is 2.46. The lowest BCUT2D eigenvalue weighted by Gasteiger charge is -2.13. The minimum absolute atomic E-state index is 0.0460. The first-order valence-corrected chi connectivity index (χ1v) is 7.41. The van der Waals surface area contributed by atoms with Crippen LogP contribution in [-0.4, -0.2) is 23.5 Å². The van der Waals surface area contributed by atoms with E-state index in [1.807, 2.05) is 26.0 Å². The molecule has 0 aromatic heterocycles. The van der Waals surface area contributed by atoms with Crippen molar-refractivity contribution in [2.24, 2.45) is 5.73 Å². The van der Waals surface area contributed by atoms with Gasteiger partial charge in [0.2, 0.25) is 5.91 Å². The molecule has 18 heavy (non-hydrogen) atoms. The Hall–Kier alpha value is -1.000. The van der Waals surface area contributed by atoms with Crippen molar-refractivity contribution < 1.29 is 4.79 Å². The van der Waals surface area contributed by atoms with Crippen molar-refractivity contribution in [3.8, 4) is 0 Å². The highest BCUT2D eigenvalue weighted by Gasteiger charge is 2.08. The molecule has 1 unspecified atom stereocenters. The number of carbonyl (C=O) groups excluding carboxylic acids is 1. The zero-order chi connectivity index (χ0) is 13.5. The Morgan fingerprint density at radius 1 is 1.50 bits per heavy atom. The summed E-state index contributed by atoms with van der Waals surface area (Å²) in [5.74, 6) is 1.31. The van der Waals surface area contributed by atoms with Crippen LogP contribution in [0.3, 0.4) is 0 Å². The monoisotopic (exact) mass is 266 g/mol. The van der Waals surface area contributed by atoms with E-state index in [1.165, 1.54) is 5.56 Å². The topological polar surface area (TPSA) is 55.1 Å². The number of amides is 1. The van der Waals surface area contributed by atoms with Crippen molar-refractivity contribution >= 4 is 23.4 Å². The molecule has 3 N–H and O–H groups in total. The van der Waals surface area contributed by atoms with Crippen LogP contribution in [0, 0.1) is 6.92 Å². The van der Waals surface area contributed by atoms with Gasteiger partial charge in [0.25, 0.3) is 0 Å². The molecule has 0 aliphatic rings. The van der Waals surface area contributed by atoms with E-state index in [0.717, 1.165) is 23.4 Å². The summed E-state index contributed by atoms with van der Waals surface area (Å²) in [4.78, 5) is 11.8. The molecule has 0 saturated carbocycles. The second-order valence-corrected chi connectivity index (χ2v) is 5.53. The average molecular weight is 266 g/mol. The van der Waals surface area contributed by atoms with E-state index in [0.29, 0.717) is 5.75 Å². The van der Waals surface area contributed by atoms with Gasteiger partial charge in [-0.15, -0.1) is 0 Å². The van der Waals surface area contributed by atoms with Gasteiger partial charge in [-0.25, -0.2) is 0 Å². The summed E-state index contributed by atoms with van der Waals surface area (Å²) in [6, 6.07) is 6.23. The van der Waals surface area contributed by atoms with Gasteiger partial charge in [0.1, 0.15) is 0 Å². The van der Waals surface area contributed by atoms with E-state index in [2.05, 4.69) is 18.3 Å². The summed E-state index contributed by atoms with van der Waals surface area (Å²) < 4.78 is 0. The van der Waals surface area contributed by atoms with Gasteiger partial charge in [-0.2, -0.15) is 11.8 Å². The van der Waals surface area contributed by atoms with Gasteiger partial charge in [0.15, 0.2) is 0 Å². The maximum atomic E-state index is 11.8. The van der Waals surface area contributed by atoms with Crippen LogP contribution in [0.5, 0.6) is 0 Å². The molecule has 1 amide bonds. The molecular weight excluding hydrogens is 244 g/mol. The van der Waals surface area contributed by atoms with Crippen LogP contribution >= 0.6 is 11.8 Å². The SMILES string of the molecule is CCc1cccc(C)c1NC(=O)CSCC(C)N. The van der Waals surface area contributed by atoms with Gasteiger partial charge < -0.3 is 11.1 Å². The van der Waals surface area contributed by atoms with Crippen molar-refractivity contribution in [1.82, 2.24) is 0 Å². The van der Waals surface area contributed by atoms with Crippen LogP contribution in [0.2, 0.25) is 0 Å². The van der Waals surface area contributed by atoms with Crippen molar-refractivity contribution in [2.45, 2.75) is 33.2 Å². The molecule has 0 radical (unpaired) electrons. The summed E-state index contributed by atoms with van der Waals surface area (Å²) in [5, 5.41) is 3.00. The lowest BCUT2D eigenvalue weighted by atomic mass is 10.1. The first-order valence-electron chi connectivity index (χ1n) is 6.26. The van der Waals surface area contributed by atoms with Gasteiger partial charge in [0, 0.05) is 17.5 Å². The number of carbonyl (C=O) groups is 1. The second-order valence-electron chi connectivity index (χ2n) is 4.50. The molecule has 0 fully saturated rings. The van der Waals surface area contributed by atoms with Crippen LogP contribution in [0.4, 0.5) is 5.69 Å². The van der Waals surface area contributed by atoms with E-state index in [1.54, 1.807) is 11.8 Å².